The van der Waals surface area contributed by atoms with Gasteiger partial charge in [0.1, 0.15) is 4.21 Å². The summed E-state index contributed by atoms with van der Waals surface area (Å²) in [6.07, 6.45) is 1.77. The molecule has 0 radical (unpaired) electrons. The summed E-state index contributed by atoms with van der Waals surface area (Å²) >= 11 is 0.887. The van der Waals surface area contributed by atoms with Gasteiger partial charge in [0.2, 0.25) is 10.0 Å². The number of sulfonamides is 1. The van der Waals surface area contributed by atoms with Crippen LogP contribution in [0.4, 0.5) is 0 Å². The quantitative estimate of drug-likeness (QED) is 0.749. The molecule has 0 aromatic carbocycles. The van der Waals surface area contributed by atoms with Crippen LogP contribution in [0.2, 0.25) is 0 Å². The zero-order valence-corrected chi connectivity index (χ0v) is 11.7. The number of carbonyl (C=O) groups is 1. The molecule has 2 atom stereocenters. The number of aromatic carboxylic acids is 1. The van der Waals surface area contributed by atoms with Gasteiger partial charge >= 0.3 is 5.97 Å². The van der Waals surface area contributed by atoms with Gasteiger partial charge in [-0.3, -0.25) is 0 Å². The van der Waals surface area contributed by atoms with Crippen LogP contribution < -0.4 is 4.72 Å². The molecule has 0 bridgehead atoms. The highest BCUT2D eigenvalue weighted by Gasteiger charge is 2.25. The lowest BCUT2D eigenvalue weighted by Gasteiger charge is -2.10. The fourth-order valence-corrected chi connectivity index (χ4v) is 4.42. The highest BCUT2D eigenvalue weighted by atomic mass is 32.2. The number of thiophene rings is 1. The van der Waals surface area contributed by atoms with Crippen molar-refractivity contribution < 1.29 is 23.4 Å². The Morgan fingerprint density at radius 3 is 2.74 bits per heavy atom. The van der Waals surface area contributed by atoms with Gasteiger partial charge < -0.3 is 10.2 Å². The molecule has 106 valence electrons. The maximum Gasteiger partial charge on any atom is 0.336 e. The van der Waals surface area contributed by atoms with Crippen molar-refractivity contribution in [3.8, 4) is 0 Å². The molecule has 1 aromatic heterocycles. The van der Waals surface area contributed by atoms with Crippen molar-refractivity contribution in [2.45, 2.75) is 29.6 Å². The number of rotatable bonds is 5. The Kier molecular flexibility index (Phi) is 4.24. The summed E-state index contributed by atoms with van der Waals surface area (Å²) < 4.78 is 26.4. The molecule has 8 heteroatoms. The third-order valence-electron chi connectivity index (χ3n) is 3.16. The van der Waals surface area contributed by atoms with Crippen molar-refractivity contribution in [2.24, 2.45) is 5.92 Å². The number of hydrogen-bond acceptors (Lipinski definition) is 5. The van der Waals surface area contributed by atoms with Gasteiger partial charge in [-0.25, -0.2) is 17.9 Å². The van der Waals surface area contributed by atoms with Crippen LogP contribution in [0.1, 0.15) is 29.6 Å². The van der Waals surface area contributed by atoms with E-state index >= 15 is 0 Å². The van der Waals surface area contributed by atoms with Crippen molar-refractivity contribution in [2.75, 3.05) is 6.54 Å². The van der Waals surface area contributed by atoms with Crippen LogP contribution in [0.3, 0.4) is 0 Å². The van der Waals surface area contributed by atoms with Crippen molar-refractivity contribution in [1.29, 1.82) is 0 Å². The molecule has 1 saturated carbocycles. The Morgan fingerprint density at radius 2 is 2.21 bits per heavy atom. The molecule has 0 aliphatic heterocycles. The number of carboxylic acid groups (broad SMARTS) is 1. The first-order valence-electron chi connectivity index (χ1n) is 5.88. The lowest BCUT2D eigenvalue weighted by Crippen LogP contribution is -2.28. The highest BCUT2D eigenvalue weighted by molar-refractivity contribution is 7.91. The van der Waals surface area contributed by atoms with Gasteiger partial charge in [-0.1, -0.05) is 0 Å². The Balaban J connectivity index is 1.99. The van der Waals surface area contributed by atoms with E-state index in [1.165, 1.54) is 5.38 Å². The van der Waals surface area contributed by atoms with E-state index in [4.69, 9.17) is 5.11 Å². The van der Waals surface area contributed by atoms with Gasteiger partial charge in [-0.15, -0.1) is 11.3 Å². The van der Waals surface area contributed by atoms with Crippen LogP contribution in [0.5, 0.6) is 0 Å². The SMILES string of the molecule is O=C(O)c1csc(S(=O)(=O)NCC2CCC(O)C2)c1. The minimum Gasteiger partial charge on any atom is -0.478 e. The van der Waals surface area contributed by atoms with Crippen LogP contribution in [-0.4, -0.2) is 37.2 Å². The molecule has 2 unspecified atom stereocenters. The van der Waals surface area contributed by atoms with E-state index in [0.29, 0.717) is 12.8 Å². The van der Waals surface area contributed by atoms with Crippen molar-refractivity contribution in [3.05, 3.63) is 17.0 Å². The number of carboxylic acids is 1. The van der Waals surface area contributed by atoms with E-state index in [0.717, 1.165) is 23.8 Å². The molecule has 0 saturated heterocycles. The van der Waals surface area contributed by atoms with Gasteiger partial charge in [0, 0.05) is 11.9 Å². The first kappa shape index (κ1) is 14.4. The monoisotopic (exact) mass is 305 g/mol. The second-order valence-electron chi connectivity index (χ2n) is 4.64. The van der Waals surface area contributed by atoms with Crippen LogP contribution in [0.25, 0.3) is 0 Å². The molecule has 1 aliphatic carbocycles. The summed E-state index contributed by atoms with van der Waals surface area (Å²) in [6, 6.07) is 1.15. The molecule has 19 heavy (non-hydrogen) atoms. The Labute approximate surface area is 115 Å². The normalized spacial score (nSPS) is 23.6. The highest BCUT2D eigenvalue weighted by Crippen LogP contribution is 2.26. The number of aliphatic hydroxyl groups is 1. The van der Waals surface area contributed by atoms with Crippen molar-refractivity contribution >= 4 is 27.3 Å². The van der Waals surface area contributed by atoms with Crippen LogP contribution in [0, 0.1) is 5.92 Å². The van der Waals surface area contributed by atoms with Crippen molar-refractivity contribution in [3.63, 3.8) is 0 Å². The minimum absolute atomic E-state index is 0.00319. The predicted octanol–water partition coefficient (Wildman–Crippen LogP) is 0.886. The zero-order valence-electron chi connectivity index (χ0n) is 10.1. The fraction of sp³-hybridized carbons (Fsp3) is 0.545. The maximum atomic E-state index is 12.0. The van der Waals surface area contributed by atoms with Gasteiger partial charge in [0.05, 0.1) is 11.7 Å². The lowest BCUT2D eigenvalue weighted by atomic mass is 10.1. The first-order chi connectivity index (χ1) is 8.88. The van der Waals surface area contributed by atoms with Crippen LogP contribution in [-0.2, 0) is 10.0 Å². The summed E-state index contributed by atoms with van der Waals surface area (Å²) in [6.45, 7) is 0.277. The molecule has 3 N–H and O–H groups in total. The van der Waals surface area contributed by atoms with Crippen LogP contribution in [0.15, 0.2) is 15.7 Å². The maximum absolute atomic E-state index is 12.0. The number of nitrogens with one attached hydrogen (secondary N) is 1. The van der Waals surface area contributed by atoms with Gasteiger partial charge in [-0.05, 0) is 31.2 Å². The molecular formula is C11H15NO5S2. The van der Waals surface area contributed by atoms with Crippen molar-refractivity contribution in [1.82, 2.24) is 4.72 Å². The average molecular weight is 305 g/mol. The topological polar surface area (TPSA) is 104 Å². The molecular weight excluding hydrogens is 290 g/mol. The van der Waals surface area contributed by atoms with E-state index in [1.807, 2.05) is 0 Å². The molecule has 1 aromatic rings. The molecule has 2 rings (SSSR count). The van der Waals surface area contributed by atoms with E-state index in [1.54, 1.807) is 0 Å². The average Bonchev–Trinajstić information content (AvgIpc) is 2.95. The molecule has 1 fully saturated rings. The van der Waals surface area contributed by atoms with Gasteiger partial charge in [0.15, 0.2) is 0 Å². The molecule has 6 nitrogen and oxygen atoms in total. The lowest BCUT2D eigenvalue weighted by molar-refractivity contribution is 0.0697. The summed E-state index contributed by atoms with van der Waals surface area (Å²) in [4.78, 5) is 10.7. The smallest absolute Gasteiger partial charge is 0.336 e. The van der Waals surface area contributed by atoms with Crippen LogP contribution >= 0.6 is 11.3 Å². The minimum atomic E-state index is -3.65. The standard InChI is InChI=1S/C11H15NO5S2/c13-9-2-1-7(3-9)5-12-19(16,17)10-4-8(6-18-10)11(14)15/h4,6-7,9,12-13H,1-3,5H2,(H,14,15). The molecule has 0 amide bonds. The number of aliphatic hydroxyl groups excluding tert-OH is 1. The second-order valence-corrected chi connectivity index (χ2v) is 7.55. The third kappa shape index (κ3) is 3.53. The van der Waals surface area contributed by atoms with E-state index < -0.39 is 16.0 Å². The molecule has 1 heterocycles. The fourth-order valence-electron chi connectivity index (χ4n) is 2.10. The van der Waals surface area contributed by atoms with E-state index in [9.17, 15) is 18.3 Å². The zero-order chi connectivity index (χ0) is 14.0. The van der Waals surface area contributed by atoms with Gasteiger partial charge in [-0.2, -0.15) is 0 Å². The molecule has 1 aliphatic rings. The number of hydrogen-bond donors (Lipinski definition) is 3. The third-order valence-corrected chi connectivity index (χ3v) is 6.03. The largest absolute Gasteiger partial charge is 0.478 e. The first-order valence-corrected chi connectivity index (χ1v) is 8.24. The summed E-state index contributed by atoms with van der Waals surface area (Å²) in [5, 5.41) is 19.4. The molecule has 0 spiro atoms. The summed E-state index contributed by atoms with van der Waals surface area (Å²) in [5.41, 5.74) is -0.0262. The van der Waals surface area contributed by atoms with E-state index in [-0.39, 0.29) is 28.3 Å². The van der Waals surface area contributed by atoms with Gasteiger partial charge in [0.25, 0.3) is 0 Å². The second kappa shape index (κ2) is 5.58. The predicted molar refractivity (Wildman–Crippen MR) is 69.8 cm³/mol. The summed E-state index contributed by atoms with van der Waals surface area (Å²) in [7, 11) is -3.65. The Hall–Kier alpha value is -0.960. The summed E-state index contributed by atoms with van der Waals surface area (Å²) in [5.74, 6) is -1.000. The Bertz CT molecular complexity index is 565. The van der Waals surface area contributed by atoms with E-state index in [2.05, 4.69) is 4.72 Å². The Morgan fingerprint density at radius 1 is 1.47 bits per heavy atom.